The number of carbonyl (C=O) groups excluding carboxylic acids is 2. The van der Waals surface area contributed by atoms with Crippen molar-refractivity contribution in [2.75, 3.05) is 7.11 Å². The molecular formula is C13H15BrFNO3. The third-order valence-electron chi connectivity index (χ3n) is 2.60. The molecule has 0 heterocycles. The number of hydrogen-bond donors (Lipinski definition) is 1. The van der Waals surface area contributed by atoms with Crippen LogP contribution in [0.5, 0.6) is 0 Å². The first-order valence-electron chi connectivity index (χ1n) is 5.71. The van der Waals surface area contributed by atoms with Crippen LogP contribution >= 0.6 is 15.9 Å². The van der Waals surface area contributed by atoms with Gasteiger partial charge in [-0.05, 0) is 34.0 Å². The zero-order chi connectivity index (χ0) is 14.6. The molecule has 0 fully saturated rings. The molecule has 19 heavy (non-hydrogen) atoms. The topological polar surface area (TPSA) is 55.4 Å². The highest BCUT2D eigenvalue weighted by Crippen LogP contribution is 2.19. The second-order valence-corrected chi connectivity index (χ2v) is 5.17. The van der Waals surface area contributed by atoms with E-state index in [0.29, 0.717) is 0 Å². The highest BCUT2D eigenvalue weighted by molar-refractivity contribution is 9.10. The first-order valence-corrected chi connectivity index (χ1v) is 6.50. The highest BCUT2D eigenvalue weighted by atomic mass is 79.9. The lowest BCUT2D eigenvalue weighted by molar-refractivity contribution is -0.144. The second-order valence-electron chi connectivity index (χ2n) is 4.32. The number of carbonyl (C=O) groups is 2. The molecule has 0 saturated carbocycles. The molecule has 0 aliphatic rings. The first-order chi connectivity index (χ1) is 8.88. The minimum atomic E-state index is -0.809. The van der Waals surface area contributed by atoms with Crippen molar-refractivity contribution in [2.24, 2.45) is 5.92 Å². The average Bonchev–Trinajstić information content (AvgIpc) is 2.37. The Kier molecular flexibility index (Phi) is 5.47. The van der Waals surface area contributed by atoms with E-state index in [-0.39, 0.29) is 16.0 Å². The van der Waals surface area contributed by atoms with Gasteiger partial charge in [-0.3, -0.25) is 4.79 Å². The standard InChI is InChI=1S/C13H15BrFNO3/c1-7(2)11(13(18)19-3)16-12(17)8-5-4-6-9(14)10(8)15/h4-7,11H,1-3H3,(H,16,17). The number of esters is 1. The predicted molar refractivity (Wildman–Crippen MR) is 72.2 cm³/mol. The molecule has 0 radical (unpaired) electrons. The number of halogens is 2. The number of nitrogens with one attached hydrogen (secondary N) is 1. The Hall–Kier alpha value is -1.43. The first kappa shape index (κ1) is 15.6. The van der Waals surface area contributed by atoms with Crippen LogP contribution < -0.4 is 5.32 Å². The molecule has 0 saturated heterocycles. The predicted octanol–water partition coefficient (Wildman–Crippen LogP) is 2.52. The lowest BCUT2D eigenvalue weighted by Gasteiger charge is -2.20. The fourth-order valence-corrected chi connectivity index (χ4v) is 1.89. The van der Waals surface area contributed by atoms with Crippen LogP contribution in [0.4, 0.5) is 4.39 Å². The van der Waals surface area contributed by atoms with Crippen LogP contribution in [-0.2, 0) is 9.53 Å². The number of methoxy groups -OCH3 is 1. The van der Waals surface area contributed by atoms with E-state index in [4.69, 9.17) is 0 Å². The van der Waals surface area contributed by atoms with Gasteiger partial charge in [0.1, 0.15) is 11.9 Å². The average molecular weight is 332 g/mol. The molecule has 1 N–H and O–H groups in total. The van der Waals surface area contributed by atoms with Crippen molar-refractivity contribution in [3.63, 3.8) is 0 Å². The van der Waals surface area contributed by atoms with Crippen molar-refractivity contribution in [3.8, 4) is 0 Å². The summed E-state index contributed by atoms with van der Waals surface area (Å²) in [4.78, 5) is 23.5. The zero-order valence-corrected chi connectivity index (χ0v) is 12.5. The Balaban J connectivity index is 2.94. The van der Waals surface area contributed by atoms with E-state index in [2.05, 4.69) is 26.0 Å². The summed E-state index contributed by atoms with van der Waals surface area (Å²) in [5, 5.41) is 2.48. The van der Waals surface area contributed by atoms with Gasteiger partial charge in [0.25, 0.3) is 5.91 Å². The van der Waals surface area contributed by atoms with Gasteiger partial charge in [0, 0.05) is 0 Å². The van der Waals surface area contributed by atoms with E-state index >= 15 is 0 Å². The van der Waals surface area contributed by atoms with Gasteiger partial charge >= 0.3 is 5.97 Å². The fourth-order valence-electron chi connectivity index (χ4n) is 1.52. The molecule has 1 aromatic carbocycles. The summed E-state index contributed by atoms with van der Waals surface area (Å²) < 4.78 is 18.6. The lowest BCUT2D eigenvalue weighted by Crippen LogP contribution is -2.45. The fraction of sp³-hybridized carbons (Fsp3) is 0.385. The summed E-state index contributed by atoms with van der Waals surface area (Å²) in [6.45, 7) is 3.53. The smallest absolute Gasteiger partial charge is 0.328 e. The Morgan fingerprint density at radius 2 is 2.00 bits per heavy atom. The maximum Gasteiger partial charge on any atom is 0.328 e. The summed E-state index contributed by atoms with van der Waals surface area (Å²) in [7, 11) is 1.24. The Morgan fingerprint density at radius 3 is 2.53 bits per heavy atom. The van der Waals surface area contributed by atoms with Crippen molar-refractivity contribution >= 4 is 27.8 Å². The summed E-state index contributed by atoms with van der Waals surface area (Å²) >= 11 is 3.01. The van der Waals surface area contributed by atoms with E-state index < -0.39 is 23.7 Å². The summed E-state index contributed by atoms with van der Waals surface area (Å²) in [6, 6.07) is 3.58. The number of ether oxygens (including phenoxy) is 1. The van der Waals surface area contributed by atoms with Gasteiger partial charge in [-0.25, -0.2) is 9.18 Å². The van der Waals surface area contributed by atoms with Crippen LogP contribution in [-0.4, -0.2) is 25.0 Å². The third kappa shape index (κ3) is 3.76. The summed E-state index contributed by atoms with van der Waals surface area (Å²) in [5.74, 6) is -2.03. The quantitative estimate of drug-likeness (QED) is 0.862. The molecule has 1 rings (SSSR count). The maximum absolute atomic E-state index is 13.8. The number of amides is 1. The van der Waals surface area contributed by atoms with E-state index in [1.54, 1.807) is 19.9 Å². The minimum Gasteiger partial charge on any atom is -0.467 e. The molecule has 4 nitrogen and oxygen atoms in total. The van der Waals surface area contributed by atoms with Gasteiger partial charge in [0.05, 0.1) is 17.1 Å². The van der Waals surface area contributed by atoms with Crippen LogP contribution in [0, 0.1) is 11.7 Å². The molecule has 1 amide bonds. The van der Waals surface area contributed by atoms with Crippen molar-refractivity contribution in [1.82, 2.24) is 5.32 Å². The Morgan fingerprint density at radius 1 is 1.37 bits per heavy atom. The van der Waals surface area contributed by atoms with Crippen LogP contribution in [0.15, 0.2) is 22.7 Å². The lowest BCUT2D eigenvalue weighted by atomic mass is 10.0. The molecular weight excluding hydrogens is 317 g/mol. The van der Waals surface area contributed by atoms with Gasteiger partial charge in [-0.2, -0.15) is 0 Å². The highest BCUT2D eigenvalue weighted by Gasteiger charge is 2.26. The van der Waals surface area contributed by atoms with Crippen LogP contribution in [0.1, 0.15) is 24.2 Å². The Bertz CT molecular complexity index is 491. The third-order valence-corrected chi connectivity index (χ3v) is 3.22. The normalized spacial score (nSPS) is 12.1. The summed E-state index contributed by atoms with van der Waals surface area (Å²) in [6.07, 6.45) is 0. The van der Waals surface area contributed by atoms with Crippen molar-refractivity contribution in [3.05, 3.63) is 34.1 Å². The van der Waals surface area contributed by atoms with Gasteiger partial charge in [0.15, 0.2) is 0 Å². The van der Waals surface area contributed by atoms with Gasteiger partial charge in [0.2, 0.25) is 0 Å². The molecule has 0 bridgehead atoms. The zero-order valence-electron chi connectivity index (χ0n) is 10.9. The second kappa shape index (κ2) is 6.65. The van der Waals surface area contributed by atoms with Gasteiger partial charge < -0.3 is 10.1 Å². The molecule has 1 aromatic rings. The maximum atomic E-state index is 13.8. The molecule has 0 aromatic heterocycles. The molecule has 0 aliphatic heterocycles. The van der Waals surface area contributed by atoms with E-state index in [1.165, 1.54) is 19.2 Å². The summed E-state index contributed by atoms with van der Waals surface area (Å²) in [5.41, 5.74) is -0.121. The molecule has 1 atom stereocenters. The van der Waals surface area contributed by atoms with Gasteiger partial charge in [-0.1, -0.05) is 19.9 Å². The van der Waals surface area contributed by atoms with Crippen LogP contribution in [0.25, 0.3) is 0 Å². The van der Waals surface area contributed by atoms with Crippen LogP contribution in [0.2, 0.25) is 0 Å². The molecule has 1 unspecified atom stereocenters. The van der Waals surface area contributed by atoms with Gasteiger partial charge in [-0.15, -0.1) is 0 Å². The number of hydrogen-bond acceptors (Lipinski definition) is 3. The van der Waals surface area contributed by atoms with Crippen molar-refractivity contribution < 1.29 is 18.7 Å². The van der Waals surface area contributed by atoms with Crippen LogP contribution in [0.3, 0.4) is 0 Å². The van der Waals surface area contributed by atoms with E-state index in [9.17, 15) is 14.0 Å². The largest absolute Gasteiger partial charge is 0.467 e. The molecule has 6 heteroatoms. The number of benzene rings is 1. The Labute approximate surface area is 119 Å². The monoisotopic (exact) mass is 331 g/mol. The van der Waals surface area contributed by atoms with Crippen molar-refractivity contribution in [2.45, 2.75) is 19.9 Å². The number of rotatable bonds is 4. The molecule has 104 valence electrons. The van der Waals surface area contributed by atoms with Crippen molar-refractivity contribution in [1.29, 1.82) is 0 Å². The minimum absolute atomic E-state index is 0.121. The molecule has 0 spiro atoms. The SMILES string of the molecule is COC(=O)C(NC(=O)c1cccc(Br)c1F)C(C)C. The molecule has 0 aliphatic carbocycles. The van der Waals surface area contributed by atoms with E-state index in [1.807, 2.05) is 0 Å². The van der Waals surface area contributed by atoms with E-state index in [0.717, 1.165) is 0 Å².